The van der Waals surface area contributed by atoms with Crippen molar-refractivity contribution in [3.63, 3.8) is 0 Å². The lowest BCUT2D eigenvalue weighted by Gasteiger charge is -2.17. The highest BCUT2D eigenvalue weighted by Gasteiger charge is 2.21. The Morgan fingerprint density at radius 1 is 0.328 bits per heavy atom. The van der Waals surface area contributed by atoms with Gasteiger partial charge in [0.1, 0.15) is 5.82 Å². The number of benzene rings is 9. The van der Waals surface area contributed by atoms with Crippen molar-refractivity contribution in [2.45, 2.75) is 0 Å². The summed E-state index contributed by atoms with van der Waals surface area (Å²) in [5.41, 5.74) is 17.0. The maximum Gasteiger partial charge on any atom is 0.138 e. The molecule has 0 spiro atoms. The minimum Gasteiger partial charge on any atom is -0.307 e. The quantitative estimate of drug-likeness (QED) is 0.161. The fraction of sp³-hybridized carbons (Fsp3) is 0. The maximum absolute atomic E-state index is 10.2. The van der Waals surface area contributed by atoms with Crippen LogP contribution in [0.25, 0.3) is 111 Å². The average molecular weight is 815 g/mol. The molecular formula is C60H38N4. The second-order valence-electron chi connectivity index (χ2n) is 16.3. The average Bonchev–Trinajstić information content (AvgIpc) is 3.88. The molecular weight excluding hydrogens is 777 g/mol. The van der Waals surface area contributed by atoms with Gasteiger partial charge in [0.2, 0.25) is 0 Å². The number of hydrogen-bond donors (Lipinski definition) is 0. The predicted octanol–water partition coefficient (Wildman–Crippen LogP) is 15.5. The summed E-state index contributed by atoms with van der Waals surface area (Å²) >= 11 is 0. The summed E-state index contributed by atoms with van der Waals surface area (Å²) in [5.74, 6) is 0.791. The number of fused-ring (bicyclic) bond motifs is 6. The standard InChI is InChI=1S/C60H38N4/c61-38-40-14-13-23-49(32-40)50-37-60(64-57-30-26-47(43-19-9-3-10-20-43)35-53(57)54-36-48(27-31-58(54)64)44-21-11-4-12-22-44)62-39-59(50)63-55-28-24-45(41-15-5-1-6-16-41)33-51(55)52-34-46(25-29-56(52)63)42-17-7-2-8-18-42/h1-37,39H. The lowest BCUT2D eigenvalue weighted by atomic mass is 10.0. The highest BCUT2D eigenvalue weighted by atomic mass is 15.1. The molecule has 0 aliphatic heterocycles. The summed E-state index contributed by atoms with van der Waals surface area (Å²) in [6.07, 6.45) is 2.02. The van der Waals surface area contributed by atoms with Crippen LogP contribution in [0, 0.1) is 11.3 Å². The first-order chi connectivity index (χ1) is 31.7. The van der Waals surface area contributed by atoms with Crippen LogP contribution in [-0.4, -0.2) is 14.1 Å². The Bertz CT molecular complexity index is 3570. The summed E-state index contributed by atoms with van der Waals surface area (Å²) in [4.78, 5) is 5.39. The SMILES string of the molecule is N#Cc1cccc(-c2cc(-n3c4ccc(-c5ccccc5)cc4c4cc(-c5ccccc5)ccc43)ncc2-n2c3ccc(-c4ccccc4)cc3c3cc(-c4ccccc4)ccc32)c1. The molecule has 3 heterocycles. The van der Waals surface area contributed by atoms with Crippen molar-refractivity contribution in [3.05, 3.63) is 236 Å². The van der Waals surface area contributed by atoms with Gasteiger partial charge in [-0.05, 0) is 117 Å². The van der Waals surface area contributed by atoms with Crippen LogP contribution in [0.1, 0.15) is 5.56 Å². The van der Waals surface area contributed by atoms with Crippen molar-refractivity contribution in [3.8, 4) is 73.2 Å². The Morgan fingerprint density at radius 2 is 0.703 bits per heavy atom. The van der Waals surface area contributed by atoms with Crippen LogP contribution in [0.2, 0.25) is 0 Å². The normalized spacial score (nSPS) is 11.4. The van der Waals surface area contributed by atoms with Gasteiger partial charge in [-0.25, -0.2) is 4.98 Å². The summed E-state index contributed by atoms with van der Waals surface area (Å²) in [6.45, 7) is 0. The van der Waals surface area contributed by atoms with E-state index in [4.69, 9.17) is 4.98 Å². The highest BCUT2D eigenvalue weighted by Crippen LogP contribution is 2.42. The molecule has 0 aliphatic carbocycles. The lowest BCUT2D eigenvalue weighted by molar-refractivity contribution is 1.06. The fourth-order valence-electron chi connectivity index (χ4n) is 9.52. The van der Waals surface area contributed by atoms with Gasteiger partial charge in [0.25, 0.3) is 0 Å². The number of nitriles is 1. The monoisotopic (exact) mass is 814 g/mol. The molecule has 0 atom stereocenters. The molecule has 0 amide bonds. The first kappa shape index (κ1) is 37.0. The summed E-state index contributed by atoms with van der Waals surface area (Å²) in [6, 6.07) is 81.9. The Morgan fingerprint density at radius 3 is 1.09 bits per heavy atom. The number of pyridine rings is 1. The van der Waals surface area contributed by atoms with Crippen LogP contribution < -0.4 is 0 Å². The molecule has 4 nitrogen and oxygen atoms in total. The van der Waals surface area contributed by atoms with E-state index >= 15 is 0 Å². The Balaban J connectivity index is 1.12. The van der Waals surface area contributed by atoms with E-state index in [9.17, 15) is 5.26 Å². The van der Waals surface area contributed by atoms with E-state index in [1.54, 1.807) is 0 Å². The highest BCUT2D eigenvalue weighted by molar-refractivity contribution is 6.13. The molecule has 0 fully saturated rings. The minimum absolute atomic E-state index is 0.600. The van der Waals surface area contributed by atoms with Gasteiger partial charge >= 0.3 is 0 Å². The molecule has 0 radical (unpaired) electrons. The van der Waals surface area contributed by atoms with E-state index in [1.165, 1.54) is 22.3 Å². The van der Waals surface area contributed by atoms with Crippen LogP contribution in [-0.2, 0) is 0 Å². The molecule has 3 aromatic heterocycles. The van der Waals surface area contributed by atoms with E-state index in [-0.39, 0.29) is 0 Å². The van der Waals surface area contributed by atoms with Crippen LogP contribution in [0.15, 0.2) is 231 Å². The second-order valence-corrected chi connectivity index (χ2v) is 16.3. The Labute approximate surface area is 370 Å². The van der Waals surface area contributed by atoms with Crippen LogP contribution in [0.3, 0.4) is 0 Å². The van der Waals surface area contributed by atoms with Gasteiger partial charge in [0.15, 0.2) is 0 Å². The van der Waals surface area contributed by atoms with E-state index in [0.29, 0.717) is 5.56 Å². The van der Waals surface area contributed by atoms with E-state index in [2.05, 4.69) is 221 Å². The predicted molar refractivity (Wildman–Crippen MR) is 265 cm³/mol. The number of hydrogen-bond acceptors (Lipinski definition) is 2. The lowest BCUT2D eigenvalue weighted by Crippen LogP contribution is -2.03. The third-order valence-electron chi connectivity index (χ3n) is 12.6. The zero-order valence-corrected chi connectivity index (χ0v) is 34.7. The molecule has 64 heavy (non-hydrogen) atoms. The number of aromatic nitrogens is 3. The first-order valence-corrected chi connectivity index (χ1v) is 21.6. The van der Waals surface area contributed by atoms with E-state index in [0.717, 1.165) is 88.5 Å². The van der Waals surface area contributed by atoms with Gasteiger partial charge in [-0.2, -0.15) is 5.26 Å². The third kappa shape index (κ3) is 6.26. The van der Waals surface area contributed by atoms with Gasteiger partial charge in [0, 0.05) is 27.1 Å². The van der Waals surface area contributed by atoms with Crippen molar-refractivity contribution in [1.29, 1.82) is 5.26 Å². The second kappa shape index (κ2) is 15.3. The molecule has 0 saturated carbocycles. The van der Waals surface area contributed by atoms with Crippen molar-refractivity contribution >= 4 is 43.6 Å². The molecule has 12 rings (SSSR count). The van der Waals surface area contributed by atoms with E-state index < -0.39 is 0 Å². The fourth-order valence-corrected chi connectivity index (χ4v) is 9.52. The minimum atomic E-state index is 0.600. The molecule has 9 aromatic carbocycles. The van der Waals surface area contributed by atoms with E-state index in [1.807, 2.05) is 24.4 Å². The smallest absolute Gasteiger partial charge is 0.138 e. The number of nitrogens with zero attached hydrogens (tertiary/aromatic N) is 4. The summed E-state index contributed by atoms with van der Waals surface area (Å²) in [5, 5.41) is 14.8. The molecule has 0 N–H and O–H groups in total. The van der Waals surface area contributed by atoms with Crippen LogP contribution in [0.4, 0.5) is 0 Å². The van der Waals surface area contributed by atoms with Crippen molar-refractivity contribution in [2.24, 2.45) is 0 Å². The molecule has 12 aromatic rings. The van der Waals surface area contributed by atoms with Gasteiger partial charge in [-0.1, -0.05) is 158 Å². The molecule has 0 aliphatic rings. The zero-order chi connectivity index (χ0) is 42.6. The van der Waals surface area contributed by atoms with Crippen LogP contribution >= 0.6 is 0 Å². The van der Waals surface area contributed by atoms with Crippen LogP contribution in [0.5, 0.6) is 0 Å². The van der Waals surface area contributed by atoms with Gasteiger partial charge < -0.3 is 4.57 Å². The van der Waals surface area contributed by atoms with Crippen molar-refractivity contribution < 1.29 is 0 Å². The molecule has 0 unspecified atom stereocenters. The van der Waals surface area contributed by atoms with Gasteiger partial charge in [-0.3, -0.25) is 4.57 Å². The third-order valence-corrected chi connectivity index (χ3v) is 12.6. The summed E-state index contributed by atoms with van der Waals surface area (Å²) in [7, 11) is 0. The van der Waals surface area contributed by atoms with Crippen molar-refractivity contribution in [2.75, 3.05) is 0 Å². The Hall–Kier alpha value is -8.78. The first-order valence-electron chi connectivity index (χ1n) is 21.6. The topological polar surface area (TPSA) is 46.5 Å². The van der Waals surface area contributed by atoms with Crippen molar-refractivity contribution in [1.82, 2.24) is 14.1 Å². The molecule has 0 saturated heterocycles. The maximum atomic E-state index is 10.2. The van der Waals surface area contributed by atoms with Gasteiger partial charge in [-0.15, -0.1) is 0 Å². The molecule has 298 valence electrons. The summed E-state index contributed by atoms with van der Waals surface area (Å²) < 4.78 is 4.64. The molecule has 0 bridgehead atoms. The Kier molecular flexibility index (Phi) is 8.84. The number of rotatable bonds is 7. The molecule has 4 heteroatoms. The van der Waals surface area contributed by atoms with Gasteiger partial charge in [0.05, 0.1) is 45.6 Å². The largest absolute Gasteiger partial charge is 0.307 e. The zero-order valence-electron chi connectivity index (χ0n) is 34.7.